The molecule has 22 heavy (non-hydrogen) atoms. The lowest BCUT2D eigenvalue weighted by molar-refractivity contribution is -0.143. The van der Waals surface area contributed by atoms with Gasteiger partial charge in [0.2, 0.25) is 0 Å². The minimum Gasteiger partial charge on any atom is -0.508 e. The molecule has 0 spiro atoms. The fourth-order valence-electron chi connectivity index (χ4n) is 2.65. The average Bonchev–Trinajstić information content (AvgIpc) is 3.22. The topological polar surface area (TPSA) is 89.5 Å². The molecule has 0 bridgehead atoms. The number of aromatic hydroxyl groups is 1. The highest BCUT2D eigenvalue weighted by molar-refractivity contribution is 5.75. The van der Waals surface area contributed by atoms with E-state index in [-0.39, 0.29) is 5.75 Å². The van der Waals surface area contributed by atoms with E-state index in [9.17, 15) is 15.0 Å². The zero-order chi connectivity index (χ0) is 15.7. The summed E-state index contributed by atoms with van der Waals surface area (Å²) in [6.45, 7) is 0.470. The van der Waals surface area contributed by atoms with Crippen molar-refractivity contribution in [3.8, 4) is 5.75 Å². The number of carboxylic acid groups (broad SMARTS) is 1. The van der Waals surface area contributed by atoms with Gasteiger partial charge in [-0.15, -0.1) is 0 Å². The largest absolute Gasteiger partial charge is 0.508 e. The number of aromatic amines is 1. The van der Waals surface area contributed by atoms with Gasteiger partial charge in [-0.1, -0.05) is 12.1 Å². The first-order chi connectivity index (χ1) is 10.5. The van der Waals surface area contributed by atoms with E-state index in [1.165, 1.54) is 25.0 Å². The molecule has 3 N–H and O–H groups in total. The molecule has 1 atom stereocenters. The van der Waals surface area contributed by atoms with E-state index in [2.05, 4.69) is 10.2 Å². The number of carbonyl (C=O) groups is 1. The standard InChI is InChI=1S/C16H19N3O3/c1-19(9-12-8-14(18-17-12)10-2-3-10)15(16(21)22)11-4-6-13(20)7-5-11/h4-8,10,15,20H,2-3,9H2,1H3,(H,17,18)(H,21,22)/t15-/m0/s1. The van der Waals surface area contributed by atoms with Gasteiger partial charge in [-0.3, -0.25) is 14.8 Å². The lowest BCUT2D eigenvalue weighted by atomic mass is 10.1. The number of hydrogen-bond acceptors (Lipinski definition) is 4. The first kappa shape index (κ1) is 14.6. The summed E-state index contributed by atoms with van der Waals surface area (Å²) < 4.78 is 0. The molecule has 1 aromatic heterocycles. The smallest absolute Gasteiger partial charge is 0.325 e. The molecule has 2 aromatic rings. The third-order valence-electron chi connectivity index (χ3n) is 3.95. The van der Waals surface area contributed by atoms with Gasteiger partial charge in [-0.2, -0.15) is 5.10 Å². The van der Waals surface area contributed by atoms with Crippen LogP contribution in [0.15, 0.2) is 30.3 Å². The lowest BCUT2D eigenvalue weighted by Gasteiger charge is -2.24. The Labute approximate surface area is 128 Å². The second-order valence-electron chi connectivity index (χ2n) is 5.84. The van der Waals surface area contributed by atoms with E-state index in [1.54, 1.807) is 24.1 Å². The highest BCUT2D eigenvalue weighted by Crippen LogP contribution is 2.39. The zero-order valence-corrected chi connectivity index (χ0v) is 12.4. The van der Waals surface area contributed by atoms with Gasteiger partial charge < -0.3 is 10.2 Å². The molecule has 0 unspecified atom stereocenters. The third-order valence-corrected chi connectivity index (χ3v) is 3.95. The number of aromatic nitrogens is 2. The summed E-state index contributed by atoms with van der Waals surface area (Å²) in [5, 5.41) is 26.1. The summed E-state index contributed by atoms with van der Waals surface area (Å²) in [4.78, 5) is 13.4. The Morgan fingerprint density at radius 1 is 1.41 bits per heavy atom. The predicted octanol–water partition coefficient (Wildman–Crippen LogP) is 2.25. The number of aliphatic carboxylic acids is 1. The van der Waals surface area contributed by atoms with Crippen molar-refractivity contribution >= 4 is 5.97 Å². The molecule has 1 fully saturated rings. The van der Waals surface area contributed by atoms with Gasteiger partial charge in [0.25, 0.3) is 0 Å². The van der Waals surface area contributed by atoms with Crippen molar-refractivity contribution in [1.82, 2.24) is 15.1 Å². The van der Waals surface area contributed by atoms with Crippen LogP contribution >= 0.6 is 0 Å². The van der Waals surface area contributed by atoms with Gasteiger partial charge >= 0.3 is 5.97 Å². The fourth-order valence-corrected chi connectivity index (χ4v) is 2.65. The second-order valence-corrected chi connectivity index (χ2v) is 5.84. The Morgan fingerprint density at radius 2 is 2.09 bits per heavy atom. The second kappa shape index (κ2) is 5.81. The summed E-state index contributed by atoms with van der Waals surface area (Å²) in [6, 6.07) is 7.51. The SMILES string of the molecule is CN(Cc1cc(C2CC2)n[nH]1)[C@H](C(=O)O)c1ccc(O)cc1. The molecule has 1 aromatic carbocycles. The van der Waals surface area contributed by atoms with Crippen LogP contribution in [0.4, 0.5) is 0 Å². The third kappa shape index (κ3) is 3.12. The van der Waals surface area contributed by atoms with E-state index in [4.69, 9.17) is 0 Å². The van der Waals surface area contributed by atoms with Gasteiger partial charge in [-0.05, 0) is 43.7 Å². The minimum absolute atomic E-state index is 0.123. The molecule has 1 heterocycles. The summed E-state index contributed by atoms with van der Waals surface area (Å²) >= 11 is 0. The van der Waals surface area contributed by atoms with E-state index < -0.39 is 12.0 Å². The van der Waals surface area contributed by atoms with Crippen molar-refractivity contribution in [3.63, 3.8) is 0 Å². The first-order valence-corrected chi connectivity index (χ1v) is 7.30. The molecule has 0 aliphatic heterocycles. The summed E-state index contributed by atoms with van der Waals surface area (Å²) in [5.41, 5.74) is 2.61. The van der Waals surface area contributed by atoms with Crippen LogP contribution in [-0.2, 0) is 11.3 Å². The van der Waals surface area contributed by atoms with Crippen molar-refractivity contribution in [2.75, 3.05) is 7.05 Å². The van der Waals surface area contributed by atoms with Crippen molar-refractivity contribution in [3.05, 3.63) is 47.3 Å². The van der Waals surface area contributed by atoms with Crippen LogP contribution < -0.4 is 0 Å². The fraction of sp³-hybridized carbons (Fsp3) is 0.375. The Bertz CT molecular complexity index is 662. The number of rotatable bonds is 6. The summed E-state index contributed by atoms with van der Waals surface area (Å²) in [7, 11) is 1.77. The minimum atomic E-state index is -0.921. The summed E-state index contributed by atoms with van der Waals surface area (Å²) in [5.74, 6) is -0.226. The molecule has 3 rings (SSSR count). The highest BCUT2D eigenvalue weighted by atomic mass is 16.4. The van der Waals surface area contributed by atoms with Crippen LogP contribution in [0.2, 0.25) is 0 Å². The van der Waals surface area contributed by atoms with Crippen LogP contribution in [0.1, 0.15) is 41.8 Å². The number of nitrogens with one attached hydrogen (secondary N) is 1. The normalized spacial score (nSPS) is 15.9. The van der Waals surface area contributed by atoms with E-state index in [1.807, 2.05) is 6.07 Å². The molecule has 6 heteroatoms. The first-order valence-electron chi connectivity index (χ1n) is 7.30. The molecule has 0 radical (unpaired) electrons. The number of phenols is 1. The molecule has 0 amide bonds. The number of phenolic OH excluding ortho intramolecular Hbond substituents is 1. The van der Waals surface area contributed by atoms with Crippen LogP contribution in [-0.4, -0.2) is 38.3 Å². The molecule has 6 nitrogen and oxygen atoms in total. The molecule has 1 aliphatic rings. The van der Waals surface area contributed by atoms with Crippen molar-refractivity contribution in [2.45, 2.75) is 31.3 Å². The maximum atomic E-state index is 11.6. The van der Waals surface area contributed by atoms with E-state index >= 15 is 0 Å². The van der Waals surface area contributed by atoms with Gasteiger partial charge in [-0.25, -0.2) is 0 Å². The Morgan fingerprint density at radius 3 is 2.68 bits per heavy atom. The number of nitrogens with zero attached hydrogens (tertiary/aromatic N) is 2. The van der Waals surface area contributed by atoms with Gasteiger partial charge in [0.05, 0.1) is 5.69 Å². The van der Waals surface area contributed by atoms with Crippen LogP contribution in [0, 0.1) is 0 Å². The van der Waals surface area contributed by atoms with Crippen LogP contribution in [0.25, 0.3) is 0 Å². The van der Waals surface area contributed by atoms with E-state index in [0.29, 0.717) is 18.0 Å². The van der Waals surface area contributed by atoms with Gasteiger partial charge in [0.1, 0.15) is 11.8 Å². The highest BCUT2D eigenvalue weighted by Gasteiger charge is 2.28. The summed E-state index contributed by atoms with van der Waals surface area (Å²) in [6.07, 6.45) is 2.37. The Kier molecular flexibility index (Phi) is 3.85. The molecule has 1 aliphatic carbocycles. The zero-order valence-electron chi connectivity index (χ0n) is 12.4. The Hall–Kier alpha value is -2.34. The number of carboxylic acids is 1. The average molecular weight is 301 g/mol. The molecular formula is C16H19N3O3. The van der Waals surface area contributed by atoms with Crippen molar-refractivity contribution in [2.24, 2.45) is 0 Å². The number of H-pyrrole nitrogens is 1. The lowest BCUT2D eigenvalue weighted by Crippen LogP contribution is -2.30. The van der Waals surface area contributed by atoms with Gasteiger partial charge in [0, 0.05) is 18.2 Å². The van der Waals surface area contributed by atoms with E-state index in [0.717, 1.165) is 11.4 Å². The van der Waals surface area contributed by atoms with Crippen molar-refractivity contribution < 1.29 is 15.0 Å². The number of hydrogen-bond donors (Lipinski definition) is 3. The van der Waals surface area contributed by atoms with Gasteiger partial charge in [0.15, 0.2) is 0 Å². The maximum absolute atomic E-state index is 11.6. The maximum Gasteiger partial charge on any atom is 0.325 e. The molecule has 0 saturated heterocycles. The number of likely N-dealkylation sites (N-methyl/N-ethyl adjacent to an activating group) is 1. The number of benzene rings is 1. The van der Waals surface area contributed by atoms with Crippen LogP contribution in [0.3, 0.4) is 0 Å². The van der Waals surface area contributed by atoms with Crippen molar-refractivity contribution in [1.29, 1.82) is 0 Å². The molecular weight excluding hydrogens is 282 g/mol. The molecule has 116 valence electrons. The predicted molar refractivity (Wildman–Crippen MR) is 80.5 cm³/mol. The quantitative estimate of drug-likeness (QED) is 0.761. The van der Waals surface area contributed by atoms with Crippen LogP contribution in [0.5, 0.6) is 5.75 Å². The molecule has 1 saturated carbocycles. The Balaban J connectivity index is 1.75. The monoisotopic (exact) mass is 301 g/mol.